The summed E-state index contributed by atoms with van der Waals surface area (Å²) >= 11 is 0. The third-order valence-corrected chi connectivity index (χ3v) is 7.60. The van der Waals surface area contributed by atoms with Gasteiger partial charge in [-0.2, -0.15) is 5.26 Å². The lowest BCUT2D eigenvalue weighted by molar-refractivity contribution is 0.442. The highest BCUT2D eigenvalue weighted by atomic mass is 32.2. The molecule has 0 amide bonds. The fourth-order valence-electron chi connectivity index (χ4n) is 4.21. The summed E-state index contributed by atoms with van der Waals surface area (Å²) in [5, 5.41) is 11.2. The van der Waals surface area contributed by atoms with Gasteiger partial charge in [0.2, 0.25) is 0 Å². The molecule has 5 rings (SSSR count). The van der Waals surface area contributed by atoms with E-state index in [1.807, 2.05) is 42.5 Å². The molecular weight excluding hydrogens is 446 g/mol. The van der Waals surface area contributed by atoms with Gasteiger partial charge >= 0.3 is 6.01 Å². The van der Waals surface area contributed by atoms with E-state index in [9.17, 15) is 9.47 Å². The number of fused-ring (bicyclic) bond motifs is 1. The monoisotopic (exact) mass is 471 g/mol. The maximum absolute atomic E-state index is 12.4. The van der Waals surface area contributed by atoms with E-state index in [4.69, 9.17) is 4.74 Å². The van der Waals surface area contributed by atoms with E-state index in [1.165, 1.54) is 0 Å². The van der Waals surface area contributed by atoms with Gasteiger partial charge in [-0.25, -0.2) is 14.2 Å². The highest BCUT2D eigenvalue weighted by molar-refractivity contribution is 7.87. The van der Waals surface area contributed by atoms with Crippen LogP contribution in [0.1, 0.15) is 44.7 Å². The van der Waals surface area contributed by atoms with E-state index in [-0.39, 0.29) is 17.3 Å². The Labute approximate surface area is 201 Å². The number of nitrogens with zero attached hydrogens (tertiary/aromatic N) is 4. The Morgan fingerprint density at radius 3 is 2.50 bits per heavy atom. The zero-order valence-electron chi connectivity index (χ0n) is 19.1. The summed E-state index contributed by atoms with van der Waals surface area (Å²) in [6, 6.07) is 18.0. The fraction of sp³-hybridized carbons (Fsp3) is 0.269. The van der Waals surface area contributed by atoms with Gasteiger partial charge in [0, 0.05) is 35.6 Å². The van der Waals surface area contributed by atoms with E-state index in [0.717, 1.165) is 47.1 Å². The Kier molecular flexibility index (Phi) is 6.03. The molecule has 0 radical (unpaired) electrons. The second-order valence-corrected chi connectivity index (χ2v) is 10.1. The molecule has 8 heteroatoms. The highest BCUT2D eigenvalue weighted by Gasteiger charge is 2.24. The quantitative estimate of drug-likeness (QED) is 0.358. The first-order valence-corrected chi connectivity index (χ1v) is 12.6. The molecule has 34 heavy (non-hydrogen) atoms. The van der Waals surface area contributed by atoms with Crippen LogP contribution in [0.3, 0.4) is 0 Å². The lowest BCUT2D eigenvalue weighted by Crippen LogP contribution is -2.27. The highest BCUT2D eigenvalue weighted by Crippen LogP contribution is 2.38. The van der Waals surface area contributed by atoms with E-state index in [0.29, 0.717) is 11.3 Å². The summed E-state index contributed by atoms with van der Waals surface area (Å²) in [5.74, 6) is 0.604. The maximum atomic E-state index is 12.4. The van der Waals surface area contributed by atoms with Crippen LogP contribution in [0.2, 0.25) is 0 Å². The number of hydrogen-bond donors (Lipinski definition) is 1. The molecule has 0 bridgehead atoms. The summed E-state index contributed by atoms with van der Waals surface area (Å²) in [5.41, 5.74) is 4.12. The second kappa shape index (κ2) is 9.27. The van der Waals surface area contributed by atoms with Crippen LogP contribution in [0.25, 0.3) is 22.2 Å². The summed E-state index contributed by atoms with van der Waals surface area (Å²) in [6.45, 7) is 4.19. The van der Waals surface area contributed by atoms with Gasteiger partial charge in [-0.3, -0.25) is 0 Å². The first-order chi connectivity index (χ1) is 16.5. The summed E-state index contributed by atoms with van der Waals surface area (Å²) in [6.07, 6.45) is 6.44. The van der Waals surface area contributed by atoms with E-state index < -0.39 is 11.0 Å². The molecule has 1 unspecified atom stereocenters. The van der Waals surface area contributed by atoms with Crippen molar-refractivity contribution in [2.75, 3.05) is 4.72 Å². The molecule has 1 fully saturated rings. The molecule has 0 aliphatic heterocycles. The Hall–Kier alpha value is -3.70. The van der Waals surface area contributed by atoms with Gasteiger partial charge < -0.3 is 14.0 Å². The van der Waals surface area contributed by atoms with Crippen molar-refractivity contribution in [2.24, 2.45) is 0 Å². The summed E-state index contributed by atoms with van der Waals surface area (Å²) < 4.78 is 23.5. The standard InChI is InChI=1S/C26H25N5O2S/c1-17(2)31-24-15-20(33-26-28-13-4-14-29-26)11-12-22(24)23(16-27)25(31)18-7-9-19(10-8-18)30-34(32)21-5-3-6-21/h4,7-15,17,21,30H,3,5-6H2,1-2H3. The second-order valence-electron chi connectivity index (χ2n) is 8.64. The zero-order valence-corrected chi connectivity index (χ0v) is 19.9. The number of anilines is 1. The van der Waals surface area contributed by atoms with E-state index in [1.54, 1.807) is 18.5 Å². The predicted octanol–water partition coefficient (Wildman–Crippen LogP) is 5.97. The number of aromatic nitrogens is 3. The lowest BCUT2D eigenvalue weighted by Gasteiger charge is -2.24. The van der Waals surface area contributed by atoms with Crippen molar-refractivity contribution in [1.82, 2.24) is 14.5 Å². The lowest BCUT2D eigenvalue weighted by atomic mass is 10.0. The molecule has 2 heterocycles. The predicted molar refractivity (Wildman–Crippen MR) is 134 cm³/mol. The van der Waals surface area contributed by atoms with Gasteiger partial charge in [0.15, 0.2) is 0 Å². The summed E-state index contributed by atoms with van der Waals surface area (Å²) in [4.78, 5) is 8.25. The van der Waals surface area contributed by atoms with Crippen molar-refractivity contribution in [2.45, 2.75) is 44.4 Å². The van der Waals surface area contributed by atoms with Crippen LogP contribution in [-0.4, -0.2) is 24.0 Å². The molecule has 2 aromatic heterocycles. The smallest absolute Gasteiger partial charge is 0.321 e. The van der Waals surface area contributed by atoms with Crippen LogP contribution in [0.5, 0.6) is 11.8 Å². The minimum absolute atomic E-state index is 0.103. The molecule has 1 aliphatic rings. The topological polar surface area (TPSA) is 92.8 Å². The van der Waals surface area contributed by atoms with Crippen LogP contribution < -0.4 is 9.46 Å². The van der Waals surface area contributed by atoms with E-state index >= 15 is 0 Å². The first-order valence-electron chi connectivity index (χ1n) is 11.4. The van der Waals surface area contributed by atoms with Crippen LogP contribution in [0.4, 0.5) is 5.69 Å². The van der Waals surface area contributed by atoms with Crippen molar-refractivity contribution in [3.8, 4) is 29.1 Å². The third-order valence-electron chi connectivity index (χ3n) is 6.09. The molecule has 7 nitrogen and oxygen atoms in total. The first kappa shape index (κ1) is 22.1. The molecule has 1 atom stereocenters. The number of nitriles is 1. The molecule has 4 aromatic rings. The van der Waals surface area contributed by atoms with Crippen LogP contribution in [0, 0.1) is 11.3 Å². The molecule has 1 saturated carbocycles. The average molecular weight is 472 g/mol. The summed E-state index contributed by atoms with van der Waals surface area (Å²) in [7, 11) is -1.06. The number of nitrogens with one attached hydrogen (secondary N) is 1. The molecule has 1 aliphatic carbocycles. The normalized spacial score (nSPS) is 14.5. The van der Waals surface area contributed by atoms with Gasteiger partial charge in [-0.15, -0.1) is 0 Å². The Morgan fingerprint density at radius 1 is 1.15 bits per heavy atom. The number of hydrogen-bond acceptors (Lipinski definition) is 5. The van der Waals surface area contributed by atoms with Gasteiger partial charge in [0.05, 0.1) is 22.0 Å². The number of ether oxygens (including phenoxy) is 1. The third kappa shape index (κ3) is 4.15. The molecular formula is C26H25N5O2S. The van der Waals surface area contributed by atoms with Crippen molar-refractivity contribution >= 4 is 27.6 Å². The Morgan fingerprint density at radius 2 is 1.88 bits per heavy atom. The Bertz CT molecular complexity index is 1390. The van der Waals surface area contributed by atoms with Crippen molar-refractivity contribution in [3.63, 3.8) is 0 Å². The van der Waals surface area contributed by atoms with Crippen molar-refractivity contribution < 1.29 is 8.95 Å². The van der Waals surface area contributed by atoms with Crippen molar-refractivity contribution in [3.05, 3.63) is 66.5 Å². The molecule has 0 spiro atoms. The van der Waals surface area contributed by atoms with Gasteiger partial charge in [0.1, 0.15) is 22.8 Å². The molecule has 172 valence electrons. The van der Waals surface area contributed by atoms with Crippen molar-refractivity contribution in [1.29, 1.82) is 5.26 Å². The van der Waals surface area contributed by atoms with Gasteiger partial charge in [-0.1, -0.05) is 18.6 Å². The molecule has 2 aromatic carbocycles. The average Bonchev–Trinajstić information content (AvgIpc) is 3.13. The number of benzene rings is 2. The number of rotatable bonds is 7. The fourth-order valence-corrected chi connectivity index (χ4v) is 5.51. The van der Waals surface area contributed by atoms with E-state index in [2.05, 4.69) is 39.2 Å². The molecule has 0 saturated heterocycles. The minimum atomic E-state index is -1.06. The molecule has 1 N–H and O–H groups in total. The minimum Gasteiger partial charge on any atom is -0.424 e. The SMILES string of the molecule is CC(C)n1c(-c2ccc(NS(=O)C3CCC3)cc2)c(C#N)c2ccc(Oc3ncccn3)cc21. The maximum Gasteiger partial charge on any atom is 0.321 e. The van der Waals surface area contributed by atoms with Gasteiger partial charge in [-0.05, 0) is 62.6 Å². The zero-order chi connectivity index (χ0) is 23.7. The largest absolute Gasteiger partial charge is 0.424 e. The van der Waals surface area contributed by atoms with Crippen LogP contribution >= 0.6 is 0 Å². The van der Waals surface area contributed by atoms with Crippen LogP contribution in [0.15, 0.2) is 60.9 Å². The Balaban J connectivity index is 1.54. The van der Waals surface area contributed by atoms with Gasteiger partial charge in [0.25, 0.3) is 0 Å². The van der Waals surface area contributed by atoms with Crippen LogP contribution in [-0.2, 0) is 11.0 Å².